The van der Waals surface area contributed by atoms with Gasteiger partial charge in [0.1, 0.15) is 25.3 Å². The number of benzene rings is 1. The molecule has 1 saturated heterocycles. The van der Waals surface area contributed by atoms with Crippen LogP contribution in [0.2, 0.25) is 0 Å². The van der Waals surface area contributed by atoms with Crippen LogP contribution in [0.3, 0.4) is 0 Å². The number of aromatic nitrogens is 1. The molecular formula is C27H36N4O7S. The van der Waals surface area contributed by atoms with Gasteiger partial charge in [0.05, 0.1) is 28.2 Å². The number of aliphatic carboxylic acids is 1. The SMILES string of the molecule is Cc1ncsc1-c1ccc([C@H](C)NC(=O)[C@@H]2C[C@@H](O)CN2C(=O)C(NC(=O)COCC(=O)O)C(C)(C)C)cc1. The molecule has 1 unspecified atom stereocenters. The molecule has 1 aromatic carbocycles. The number of rotatable bonds is 10. The van der Waals surface area contributed by atoms with E-state index >= 15 is 0 Å². The maximum atomic E-state index is 13.6. The molecule has 3 rings (SSSR count). The highest BCUT2D eigenvalue weighted by Gasteiger charge is 2.44. The first-order valence-corrected chi connectivity index (χ1v) is 13.5. The van der Waals surface area contributed by atoms with Gasteiger partial charge in [-0.3, -0.25) is 14.4 Å². The molecule has 1 aliphatic rings. The molecule has 0 aliphatic carbocycles. The van der Waals surface area contributed by atoms with Gasteiger partial charge in [-0.1, -0.05) is 45.0 Å². The number of nitrogens with zero attached hydrogens (tertiary/aromatic N) is 2. The van der Waals surface area contributed by atoms with E-state index in [4.69, 9.17) is 9.84 Å². The average Bonchev–Trinajstić information content (AvgIpc) is 3.46. The molecule has 0 bridgehead atoms. The van der Waals surface area contributed by atoms with Gasteiger partial charge in [0.25, 0.3) is 0 Å². The number of nitrogens with one attached hydrogen (secondary N) is 2. The molecule has 4 atom stereocenters. The van der Waals surface area contributed by atoms with Crippen LogP contribution in [0.25, 0.3) is 10.4 Å². The number of thiazole rings is 1. The molecule has 212 valence electrons. The smallest absolute Gasteiger partial charge is 0.329 e. The zero-order valence-corrected chi connectivity index (χ0v) is 23.6. The summed E-state index contributed by atoms with van der Waals surface area (Å²) in [7, 11) is 0. The lowest BCUT2D eigenvalue weighted by atomic mass is 9.85. The first kappa shape index (κ1) is 30.2. The second kappa shape index (κ2) is 12.7. The van der Waals surface area contributed by atoms with Crippen LogP contribution >= 0.6 is 11.3 Å². The number of carboxylic acid groups (broad SMARTS) is 1. The number of hydrogen-bond donors (Lipinski definition) is 4. The number of aliphatic hydroxyl groups excluding tert-OH is 1. The van der Waals surface area contributed by atoms with Crippen LogP contribution in [-0.2, 0) is 23.9 Å². The predicted molar refractivity (Wildman–Crippen MR) is 145 cm³/mol. The Labute approximate surface area is 231 Å². The van der Waals surface area contributed by atoms with Crippen LogP contribution in [0.15, 0.2) is 29.8 Å². The lowest BCUT2D eigenvalue weighted by Crippen LogP contribution is -2.58. The molecule has 0 saturated carbocycles. The number of aliphatic hydroxyl groups is 1. The lowest BCUT2D eigenvalue weighted by molar-refractivity contribution is -0.146. The molecular weight excluding hydrogens is 524 g/mol. The zero-order chi connectivity index (χ0) is 28.9. The summed E-state index contributed by atoms with van der Waals surface area (Å²) in [6, 6.07) is 5.52. The normalized spacial score (nSPS) is 18.9. The van der Waals surface area contributed by atoms with Gasteiger partial charge in [0.2, 0.25) is 17.7 Å². The van der Waals surface area contributed by atoms with Crippen LogP contribution in [0.1, 0.15) is 51.4 Å². The van der Waals surface area contributed by atoms with Crippen LogP contribution in [0, 0.1) is 12.3 Å². The number of carbonyl (C=O) groups excluding carboxylic acids is 3. The van der Waals surface area contributed by atoms with E-state index in [2.05, 4.69) is 15.6 Å². The highest BCUT2D eigenvalue weighted by Crippen LogP contribution is 2.29. The molecule has 0 spiro atoms. The lowest BCUT2D eigenvalue weighted by Gasteiger charge is -2.35. The topological polar surface area (TPSA) is 158 Å². The minimum absolute atomic E-state index is 0.0494. The summed E-state index contributed by atoms with van der Waals surface area (Å²) < 4.78 is 4.83. The minimum Gasteiger partial charge on any atom is -0.480 e. The molecule has 3 amide bonds. The van der Waals surface area contributed by atoms with Gasteiger partial charge in [0, 0.05) is 13.0 Å². The molecule has 39 heavy (non-hydrogen) atoms. The van der Waals surface area contributed by atoms with Crippen molar-refractivity contribution in [3.05, 3.63) is 41.0 Å². The number of carbonyl (C=O) groups is 4. The van der Waals surface area contributed by atoms with Crippen LogP contribution < -0.4 is 10.6 Å². The van der Waals surface area contributed by atoms with Gasteiger partial charge in [0.15, 0.2) is 0 Å². The summed E-state index contributed by atoms with van der Waals surface area (Å²) in [5.74, 6) is -2.79. The highest BCUT2D eigenvalue weighted by molar-refractivity contribution is 7.13. The summed E-state index contributed by atoms with van der Waals surface area (Å²) in [5, 5.41) is 24.6. The summed E-state index contributed by atoms with van der Waals surface area (Å²) in [6.45, 7) is 7.85. The maximum absolute atomic E-state index is 13.6. The predicted octanol–water partition coefficient (Wildman–Crippen LogP) is 1.89. The van der Waals surface area contributed by atoms with E-state index in [-0.39, 0.29) is 19.0 Å². The van der Waals surface area contributed by atoms with E-state index in [1.165, 1.54) is 4.90 Å². The summed E-state index contributed by atoms with van der Waals surface area (Å²) in [4.78, 5) is 56.6. The van der Waals surface area contributed by atoms with E-state index in [0.717, 1.165) is 21.7 Å². The zero-order valence-electron chi connectivity index (χ0n) is 22.8. The van der Waals surface area contributed by atoms with E-state index in [0.29, 0.717) is 0 Å². The van der Waals surface area contributed by atoms with Gasteiger partial charge in [-0.05, 0) is 30.4 Å². The van der Waals surface area contributed by atoms with Gasteiger partial charge in [-0.2, -0.15) is 0 Å². The largest absolute Gasteiger partial charge is 0.480 e. The monoisotopic (exact) mass is 560 g/mol. The van der Waals surface area contributed by atoms with Crippen molar-refractivity contribution in [3.8, 4) is 10.4 Å². The van der Waals surface area contributed by atoms with Crippen molar-refractivity contribution in [1.29, 1.82) is 0 Å². The van der Waals surface area contributed by atoms with Crippen molar-refractivity contribution < 1.29 is 34.1 Å². The van der Waals surface area contributed by atoms with Gasteiger partial charge in [-0.15, -0.1) is 11.3 Å². The number of ether oxygens (including phenoxy) is 1. The number of β-amino-alcohol motifs (C(OH)–C–C–N with tert-alkyl or cyclic N) is 1. The first-order valence-electron chi connectivity index (χ1n) is 12.7. The molecule has 11 nitrogen and oxygen atoms in total. The van der Waals surface area contributed by atoms with Crippen LogP contribution in [0.5, 0.6) is 0 Å². The Hall–Kier alpha value is -3.35. The Morgan fingerprint density at radius 1 is 1.15 bits per heavy atom. The van der Waals surface area contributed by atoms with Crippen molar-refractivity contribution in [2.45, 2.75) is 65.3 Å². The summed E-state index contributed by atoms with van der Waals surface area (Å²) >= 11 is 1.56. The second-order valence-corrected chi connectivity index (χ2v) is 11.6. The Morgan fingerprint density at radius 3 is 2.38 bits per heavy atom. The minimum atomic E-state index is -1.22. The van der Waals surface area contributed by atoms with E-state index in [9.17, 15) is 24.3 Å². The fourth-order valence-electron chi connectivity index (χ4n) is 4.45. The standard InChI is InChI=1S/C27H36N4O7S/c1-15(17-6-8-18(9-7-17)23-16(2)28-14-39-23)29-25(36)20-10-19(32)11-31(20)26(37)24(27(3,4)5)30-21(33)12-38-13-22(34)35/h6-9,14-15,19-20,24,32H,10-13H2,1-5H3,(H,29,36)(H,30,33)(H,34,35)/t15-,19+,20-,24?/m0/s1. The van der Waals surface area contributed by atoms with Crippen molar-refractivity contribution in [2.24, 2.45) is 5.41 Å². The van der Waals surface area contributed by atoms with Crippen molar-refractivity contribution in [2.75, 3.05) is 19.8 Å². The van der Waals surface area contributed by atoms with Crippen molar-refractivity contribution >= 4 is 35.0 Å². The molecule has 4 N–H and O–H groups in total. The number of carboxylic acids is 1. The second-order valence-electron chi connectivity index (χ2n) is 10.8. The maximum Gasteiger partial charge on any atom is 0.329 e. The number of aryl methyl sites for hydroxylation is 1. The molecule has 1 fully saturated rings. The van der Waals surface area contributed by atoms with Gasteiger partial charge >= 0.3 is 5.97 Å². The van der Waals surface area contributed by atoms with E-state index in [1.807, 2.05) is 38.1 Å². The van der Waals surface area contributed by atoms with Crippen molar-refractivity contribution in [1.82, 2.24) is 20.5 Å². The fraction of sp³-hybridized carbons (Fsp3) is 0.519. The number of amides is 3. The number of hydrogen-bond acceptors (Lipinski definition) is 8. The Kier molecular flexibility index (Phi) is 9.81. The van der Waals surface area contributed by atoms with Gasteiger partial charge in [-0.25, -0.2) is 9.78 Å². The molecule has 0 radical (unpaired) electrons. The highest BCUT2D eigenvalue weighted by atomic mass is 32.1. The third kappa shape index (κ3) is 7.84. The summed E-state index contributed by atoms with van der Waals surface area (Å²) in [5.41, 5.74) is 3.94. The molecule has 12 heteroatoms. The Balaban J connectivity index is 1.69. The third-order valence-corrected chi connectivity index (χ3v) is 7.50. The van der Waals surface area contributed by atoms with Gasteiger partial charge < -0.3 is 30.5 Å². The van der Waals surface area contributed by atoms with Crippen LogP contribution in [0.4, 0.5) is 0 Å². The molecule has 1 aliphatic heterocycles. The quantitative estimate of drug-likeness (QED) is 0.343. The van der Waals surface area contributed by atoms with Crippen molar-refractivity contribution in [3.63, 3.8) is 0 Å². The van der Waals surface area contributed by atoms with Crippen LogP contribution in [-0.4, -0.2) is 81.7 Å². The first-order chi connectivity index (χ1) is 18.3. The number of likely N-dealkylation sites (tertiary alicyclic amines) is 1. The average molecular weight is 561 g/mol. The summed E-state index contributed by atoms with van der Waals surface area (Å²) in [6.07, 6.45) is -0.822. The third-order valence-electron chi connectivity index (χ3n) is 6.52. The van der Waals surface area contributed by atoms with E-state index < -0.39 is 60.5 Å². The molecule has 2 aromatic rings. The molecule has 1 aromatic heterocycles. The molecule has 2 heterocycles. The Morgan fingerprint density at radius 2 is 1.82 bits per heavy atom. The Bertz CT molecular complexity index is 1190. The fourth-order valence-corrected chi connectivity index (χ4v) is 5.26. The van der Waals surface area contributed by atoms with E-state index in [1.54, 1.807) is 37.6 Å².